The fourth-order valence-electron chi connectivity index (χ4n) is 2.72. The number of carbonyl (C=O) groups is 1. The van der Waals surface area contributed by atoms with Crippen LogP contribution in [0.15, 0.2) is 40.9 Å². The lowest BCUT2D eigenvalue weighted by Crippen LogP contribution is -2.39. The Morgan fingerprint density at radius 2 is 2.23 bits per heavy atom. The second-order valence-corrected chi connectivity index (χ2v) is 5.63. The Hall–Kier alpha value is -2.30. The SMILES string of the molecule is Cc1cnc(C2CCCN(C(=O)OCc3ccccc3)C2)o1. The number of nitrogens with zero attached hydrogens (tertiary/aromatic N) is 2. The second-order valence-electron chi connectivity index (χ2n) is 5.63. The summed E-state index contributed by atoms with van der Waals surface area (Å²) in [6, 6.07) is 9.71. The molecule has 1 fully saturated rings. The molecule has 1 aromatic heterocycles. The number of ether oxygens (including phenoxy) is 1. The van der Waals surface area contributed by atoms with Gasteiger partial charge in [-0.3, -0.25) is 0 Å². The highest BCUT2D eigenvalue weighted by Crippen LogP contribution is 2.26. The average molecular weight is 300 g/mol. The Morgan fingerprint density at radius 3 is 2.95 bits per heavy atom. The van der Waals surface area contributed by atoms with Crippen molar-refractivity contribution in [3.63, 3.8) is 0 Å². The predicted octanol–water partition coefficient (Wildman–Crippen LogP) is 3.50. The van der Waals surface area contributed by atoms with E-state index in [2.05, 4.69) is 4.98 Å². The Kier molecular flexibility index (Phi) is 4.42. The predicted molar refractivity (Wildman–Crippen MR) is 81.4 cm³/mol. The standard InChI is InChI=1S/C17H20N2O3/c1-13-10-18-16(22-13)15-8-5-9-19(11-15)17(20)21-12-14-6-3-2-4-7-14/h2-4,6-7,10,15H,5,8-9,11-12H2,1H3. The molecule has 22 heavy (non-hydrogen) atoms. The number of carbonyl (C=O) groups excluding carboxylic acids is 1. The Morgan fingerprint density at radius 1 is 1.41 bits per heavy atom. The second kappa shape index (κ2) is 6.64. The van der Waals surface area contributed by atoms with E-state index in [0.29, 0.717) is 13.2 Å². The summed E-state index contributed by atoms with van der Waals surface area (Å²) in [6.45, 7) is 3.52. The number of oxazole rings is 1. The van der Waals surface area contributed by atoms with E-state index >= 15 is 0 Å². The van der Waals surface area contributed by atoms with E-state index in [1.807, 2.05) is 37.3 Å². The van der Waals surface area contributed by atoms with Crippen molar-refractivity contribution < 1.29 is 13.9 Å². The smallest absolute Gasteiger partial charge is 0.410 e. The maximum atomic E-state index is 12.2. The Balaban J connectivity index is 1.56. The monoisotopic (exact) mass is 300 g/mol. The van der Waals surface area contributed by atoms with Crippen LogP contribution < -0.4 is 0 Å². The van der Waals surface area contributed by atoms with Crippen LogP contribution in [0.25, 0.3) is 0 Å². The highest BCUT2D eigenvalue weighted by Gasteiger charge is 2.28. The highest BCUT2D eigenvalue weighted by molar-refractivity contribution is 5.67. The summed E-state index contributed by atoms with van der Waals surface area (Å²) in [7, 11) is 0. The number of aryl methyl sites for hydroxylation is 1. The Labute approximate surface area is 129 Å². The lowest BCUT2D eigenvalue weighted by Gasteiger charge is -2.30. The van der Waals surface area contributed by atoms with Gasteiger partial charge in [0.25, 0.3) is 0 Å². The molecule has 1 unspecified atom stereocenters. The molecule has 2 aromatic rings. The minimum atomic E-state index is -0.267. The summed E-state index contributed by atoms with van der Waals surface area (Å²) in [5.74, 6) is 1.68. The molecule has 0 bridgehead atoms. The van der Waals surface area contributed by atoms with Crippen molar-refractivity contribution in [3.8, 4) is 0 Å². The van der Waals surface area contributed by atoms with Crippen LogP contribution in [0.1, 0.15) is 36.0 Å². The number of rotatable bonds is 3. The number of amides is 1. The van der Waals surface area contributed by atoms with E-state index in [1.165, 1.54) is 0 Å². The molecule has 1 atom stereocenters. The molecule has 0 spiro atoms. The van der Waals surface area contributed by atoms with Crippen LogP contribution in [0, 0.1) is 6.92 Å². The van der Waals surface area contributed by atoms with E-state index in [4.69, 9.17) is 9.15 Å². The van der Waals surface area contributed by atoms with Crippen molar-refractivity contribution in [1.82, 2.24) is 9.88 Å². The van der Waals surface area contributed by atoms with Crippen LogP contribution in [0.4, 0.5) is 4.79 Å². The van der Waals surface area contributed by atoms with E-state index in [9.17, 15) is 4.79 Å². The van der Waals surface area contributed by atoms with Crippen molar-refractivity contribution >= 4 is 6.09 Å². The van der Waals surface area contributed by atoms with E-state index in [0.717, 1.165) is 36.6 Å². The Bertz CT molecular complexity index is 624. The summed E-state index contributed by atoms with van der Waals surface area (Å²) < 4.78 is 11.0. The highest BCUT2D eigenvalue weighted by atomic mass is 16.6. The third kappa shape index (κ3) is 3.47. The molecule has 1 saturated heterocycles. The first-order chi connectivity index (χ1) is 10.7. The molecular formula is C17H20N2O3. The van der Waals surface area contributed by atoms with Gasteiger partial charge in [0.15, 0.2) is 5.89 Å². The molecule has 1 amide bonds. The van der Waals surface area contributed by atoms with Gasteiger partial charge >= 0.3 is 6.09 Å². The number of piperidine rings is 1. The molecule has 0 N–H and O–H groups in total. The van der Waals surface area contributed by atoms with Gasteiger partial charge < -0.3 is 14.1 Å². The fraction of sp³-hybridized carbons (Fsp3) is 0.412. The average Bonchev–Trinajstić information content (AvgIpc) is 3.00. The first-order valence-electron chi connectivity index (χ1n) is 7.60. The van der Waals surface area contributed by atoms with Crippen LogP contribution in [0.3, 0.4) is 0 Å². The van der Waals surface area contributed by atoms with E-state index in [-0.39, 0.29) is 12.0 Å². The summed E-state index contributed by atoms with van der Waals surface area (Å²) in [5.41, 5.74) is 0.993. The quantitative estimate of drug-likeness (QED) is 0.870. The molecule has 3 rings (SSSR count). The maximum Gasteiger partial charge on any atom is 0.410 e. The summed E-state index contributed by atoms with van der Waals surface area (Å²) in [4.78, 5) is 18.2. The molecule has 5 heteroatoms. The normalized spacial score (nSPS) is 18.2. The van der Waals surface area contributed by atoms with E-state index in [1.54, 1.807) is 11.1 Å². The van der Waals surface area contributed by atoms with E-state index < -0.39 is 0 Å². The third-order valence-corrected chi connectivity index (χ3v) is 3.87. The van der Waals surface area contributed by atoms with Gasteiger partial charge in [-0.05, 0) is 25.3 Å². The van der Waals surface area contributed by atoms with Gasteiger partial charge in [0.1, 0.15) is 12.4 Å². The zero-order valence-electron chi connectivity index (χ0n) is 12.7. The van der Waals surface area contributed by atoms with Gasteiger partial charge in [-0.25, -0.2) is 9.78 Å². The zero-order valence-corrected chi connectivity index (χ0v) is 12.7. The molecule has 1 aliphatic rings. The number of benzene rings is 1. The summed E-state index contributed by atoms with van der Waals surface area (Å²) in [6.07, 6.45) is 3.38. The van der Waals surface area contributed by atoms with Crippen LogP contribution >= 0.6 is 0 Å². The van der Waals surface area contributed by atoms with Gasteiger partial charge in [-0.1, -0.05) is 30.3 Å². The largest absolute Gasteiger partial charge is 0.446 e. The summed E-state index contributed by atoms with van der Waals surface area (Å²) >= 11 is 0. The number of likely N-dealkylation sites (tertiary alicyclic amines) is 1. The molecule has 1 aliphatic heterocycles. The fourth-order valence-corrected chi connectivity index (χ4v) is 2.72. The molecule has 0 radical (unpaired) electrons. The van der Waals surface area contributed by atoms with Crippen LogP contribution in [-0.4, -0.2) is 29.1 Å². The molecule has 0 saturated carbocycles. The molecule has 1 aromatic carbocycles. The number of hydrogen-bond acceptors (Lipinski definition) is 4. The maximum absolute atomic E-state index is 12.2. The molecule has 2 heterocycles. The first kappa shape index (κ1) is 14.6. The number of hydrogen-bond donors (Lipinski definition) is 0. The van der Waals surface area contributed by atoms with Crippen molar-refractivity contribution in [3.05, 3.63) is 53.7 Å². The van der Waals surface area contributed by atoms with Gasteiger partial charge in [-0.15, -0.1) is 0 Å². The van der Waals surface area contributed by atoms with Gasteiger partial charge in [0, 0.05) is 13.1 Å². The minimum absolute atomic E-state index is 0.159. The van der Waals surface area contributed by atoms with Crippen LogP contribution in [0.2, 0.25) is 0 Å². The van der Waals surface area contributed by atoms with Crippen molar-refractivity contribution in [2.24, 2.45) is 0 Å². The van der Waals surface area contributed by atoms with Crippen molar-refractivity contribution in [2.75, 3.05) is 13.1 Å². The lowest BCUT2D eigenvalue weighted by atomic mass is 9.98. The lowest BCUT2D eigenvalue weighted by molar-refractivity contribution is 0.0839. The third-order valence-electron chi connectivity index (χ3n) is 3.87. The van der Waals surface area contributed by atoms with Gasteiger partial charge in [0.05, 0.1) is 12.1 Å². The van der Waals surface area contributed by atoms with Crippen molar-refractivity contribution in [2.45, 2.75) is 32.3 Å². The molecule has 116 valence electrons. The molecule has 0 aliphatic carbocycles. The van der Waals surface area contributed by atoms with Crippen molar-refractivity contribution in [1.29, 1.82) is 0 Å². The molecular weight excluding hydrogens is 280 g/mol. The topological polar surface area (TPSA) is 55.6 Å². The summed E-state index contributed by atoms with van der Waals surface area (Å²) in [5, 5.41) is 0. The minimum Gasteiger partial charge on any atom is -0.446 e. The zero-order chi connectivity index (χ0) is 15.4. The van der Waals surface area contributed by atoms with Crippen LogP contribution in [-0.2, 0) is 11.3 Å². The van der Waals surface area contributed by atoms with Crippen LogP contribution in [0.5, 0.6) is 0 Å². The number of aromatic nitrogens is 1. The van der Waals surface area contributed by atoms with Gasteiger partial charge in [0.2, 0.25) is 0 Å². The molecule has 5 nitrogen and oxygen atoms in total. The first-order valence-corrected chi connectivity index (χ1v) is 7.60. The van der Waals surface area contributed by atoms with Gasteiger partial charge in [-0.2, -0.15) is 0 Å².